The van der Waals surface area contributed by atoms with E-state index in [1.54, 1.807) is 30.3 Å². The SMILES string of the molecule is Cc1cc(C(C)Nc2ccccc2C(=O)NS(C)(=O)=O)c2oc(N3Cc4ccccc4C3)cc(=O)c2c1. The monoisotopic (exact) mass is 517 g/mol. The zero-order valence-electron chi connectivity index (χ0n) is 20.7. The lowest BCUT2D eigenvalue weighted by Gasteiger charge is -2.21. The van der Waals surface area contributed by atoms with Crippen LogP contribution < -0.4 is 20.4 Å². The van der Waals surface area contributed by atoms with Crippen LogP contribution >= 0.6 is 0 Å². The summed E-state index contributed by atoms with van der Waals surface area (Å²) in [4.78, 5) is 27.8. The van der Waals surface area contributed by atoms with Gasteiger partial charge in [0.05, 0.1) is 23.2 Å². The normalized spacial score (nSPS) is 13.9. The maximum atomic E-state index is 13.2. The van der Waals surface area contributed by atoms with Crippen molar-refractivity contribution < 1.29 is 17.6 Å². The Hall–Kier alpha value is -4.11. The van der Waals surface area contributed by atoms with Gasteiger partial charge in [-0.3, -0.25) is 9.59 Å². The van der Waals surface area contributed by atoms with Gasteiger partial charge in [0.2, 0.25) is 15.9 Å². The second kappa shape index (κ2) is 9.40. The van der Waals surface area contributed by atoms with Crippen LogP contribution in [0.5, 0.6) is 0 Å². The van der Waals surface area contributed by atoms with Crippen molar-refractivity contribution >= 4 is 38.5 Å². The standard InChI is InChI=1S/C28H27N3O5S/c1-17-12-22(18(2)29-24-11-7-6-10-21(24)28(33)30-37(3,34)35)27-23(13-17)25(32)14-26(36-27)31-15-19-8-4-5-9-20(19)16-31/h4-14,18,29H,15-16H2,1-3H3,(H,30,33). The van der Waals surface area contributed by atoms with E-state index in [1.165, 1.54) is 11.1 Å². The van der Waals surface area contributed by atoms with Crippen molar-refractivity contribution in [3.8, 4) is 0 Å². The minimum Gasteiger partial charge on any atom is -0.440 e. The van der Waals surface area contributed by atoms with Crippen LogP contribution in [0.1, 0.15) is 45.6 Å². The van der Waals surface area contributed by atoms with Crippen LogP contribution in [0, 0.1) is 6.92 Å². The first-order valence-electron chi connectivity index (χ1n) is 11.9. The van der Waals surface area contributed by atoms with Gasteiger partial charge in [0.25, 0.3) is 5.91 Å². The number of carbonyl (C=O) groups is 1. The molecule has 190 valence electrons. The van der Waals surface area contributed by atoms with Crippen LogP contribution in [0.15, 0.2) is 75.9 Å². The van der Waals surface area contributed by atoms with Gasteiger partial charge in [0.1, 0.15) is 5.58 Å². The molecule has 1 unspecified atom stereocenters. The molecular weight excluding hydrogens is 490 g/mol. The molecule has 0 fully saturated rings. The summed E-state index contributed by atoms with van der Waals surface area (Å²) < 4.78 is 31.6. The Bertz CT molecular complexity index is 1670. The Morgan fingerprint density at radius 1 is 1.00 bits per heavy atom. The summed E-state index contributed by atoms with van der Waals surface area (Å²) in [6.07, 6.45) is 0.931. The first-order valence-corrected chi connectivity index (χ1v) is 13.8. The van der Waals surface area contributed by atoms with Crippen molar-refractivity contribution in [2.24, 2.45) is 0 Å². The van der Waals surface area contributed by atoms with Crippen LogP contribution in [0.2, 0.25) is 0 Å². The van der Waals surface area contributed by atoms with Crippen LogP contribution in [-0.4, -0.2) is 20.6 Å². The summed E-state index contributed by atoms with van der Waals surface area (Å²) >= 11 is 0. The van der Waals surface area contributed by atoms with E-state index in [9.17, 15) is 18.0 Å². The van der Waals surface area contributed by atoms with Gasteiger partial charge < -0.3 is 14.6 Å². The fourth-order valence-electron chi connectivity index (χ4n) is 4.73. The molecule has 1 aromatic heterocycles. The predicted molar refractivity (Wildman–Crippen MR) is 144 cm³/mol. The molecule has 1 aliphatic rings. The van der Waals surface area contributed by atoms with E-state index < -0.39 is 15.9 Å². The first-order chi connectivity index (χ1) is 17.6. The zero-order chi connectivity index (χ0) is 26.3. The van der Waals surface area contributed by atoms with Gasteiger partial charge in [0.15, 0.2) is 5.43 Å². The Morgan fingerprint density at radius 3 is 2.32 bits per heavy atom. The quantitative estimate of drug-likeness (QED) is 0.388. The van der Waals surface area contributed by atoms with Crippen LogP contribution in [0.3, 0.4) is 0 Å². The van der Waals surface area contributed by atoms with Crippen molar-refractivity contribution in [1.82, 2.24) is 4.72 Å². The number of carbonyl (C=O) groups excluding carboxylic acids is 1. The Labute approximate surface area is 215 Å². The number of benzene rings is 3. The average Bonchev–Trinajstić information content (AvgIpc) is 3.27. The molecule has 0 bridgehead atoms. The topological polar surface area (TPSA) is 109 Å². The van der Waals surface area contributed by atoms with E-state index in [-0.39, 0.29) is 17.0 Å². The number of fused-ring (bicyclic) bond motifs is 2. The Balaban J connectivity index is 1.52. The highest BCUT2D eigenvalue weighted by molar-refractivity contribution is 7.89. The molecule has 0 saturated heterocycles. The van der Waals surface area contributed by atoms with Gasteiger partial charge in [-0.2, -0.15) is 0 Å². The number of nitrogens with one attached hydrogen (secondary N) is 2. The molecule has 8 nitrogen and oxygen atoms in total. The predicted octanol–water partition coefficient (Wildman–Crippen LogP) is 4.48. The molecular formula is C28H27N3O5S. The molecule has 0 saturated carbocycles. The van der Waals surface area contributed by atoms with Crippen LogP contribution in [-0.2, 0) is 23.1 Å². The highest BCUT2D eigenvalue weighted by atomic mass is 32.2. The summed E-state index contributed by atoms with van der Waals surface area (Å²) in [7, 11) is -3.72. The third-order valence-electron chi connectivity index (χ3n) is 6.43. The van der Waals surface area contributed by atoms with Crippen molar-refractivity contribution in [2.45, 2.75) is 33.0 Å². The van der Waals surface area contributed by atoms with E-state index in [0.29, 0.717) is 35.6 Å². The molecule has 2 heterocycles. The highest BCUT2D eigenvalue weighted by Crippen LogP contribution is 2.33. The number of hydrogen-bond donors (Lipinski definition) is 2. The van der Waals surface area contributed by atoms with Gasteiger partial charge in [-0.1, -0.05) is 42.5 Å². The molecule has 1 atom stereocenters. The smallest absolute Gasteiger partial charge is 0.266 e. The Kier molecular flexibility index (Phi) is 6.25. The van der Waals surface area contributed by atoms with Crippen molar-refractivity contribution in [1.29, 1.82) is 0 Å². The minimum atomic E-state index is -3.72. The minimum absolute atomic E-state index is 0.128. The van der Waals surface area contributed by atoms with E-state index in [1.807, 2.05) is 47.7 Å². The molecule has 1 amide bonds. The number of para-hydroxylation sites is 1. The molecule has 0 spiro atoms. The summed E-state index contributed by atoms with van der Waals surface area (Å²) in [6, 6.07) is 19.8. The van der Waals surface area contributed by atoms with E-state index in [4.69, 9.17) is 4.42 Å². The summed E-state index contributed by atoms with van der Waals surface area (Å²) in [5, 5.41) is 3.78. The number of amides is 1. The Morgan fingerprint density at radius 2 is 1.65 bits per heavy atom. The maximum Gasteiger partial charge on any atom is 0.266 e. The fraction of sp³-hybridized carbons (Fsp3) is 0.214. The number of nitrogens with zero attached hydrogens (tertiary/aromatic N) is 1. The average molecular weight is 518 g/mol. The van der Waals surface area contributed by atoms with Crippen LogP contribution in [0.4, 0.5) is 11.6 Å². The third-order valence-corrected chi connectivity index (χ3v) is 6.99. The van der Waals surface area contributed by atoms with Gasteiger partial charge in [-0.05, 0) is 48.7 Å². The fourth-order valence-corrected chi connectivity index (χ4v) is 5.18. The number of hydrogen-bond acceptors (Lipinski definition) is 7. The van der Waals surface area contributed by atoms with E-state index >= 15 is 0 Å². The van der Waals surface area contributed by atoms with E-state index in [2.05, 4.69) is 17.4 Å². The number of sulfonamides is 1. The molecule has 3 aromatic carbocycles. The van der Waals surface area contributed by atoms with Crippen molar-refractivity contribution in [2.75, 3.05) is 16.5 Å². The molecule has 37 heavy (non-hydrogen) atoms. The molecule has 0 aliphatic carbocycles. The second-order valence-electron chi connectivity index (χ2n) is 9.42. The third kappa shape index (κ3) is 5.08. The lowest BCUT2D eigenvalue weighted by atomic mass is 10.0. The van der Waals surface area contributed by atoms with E-state index in [0.717, 1.165) is 17.4 Å². The molecule has 0 radical (unpaired) electrons. The maximum absolute atomic E-state index is 13.2. The molecule has 4 aromatic rings. The lowest BCUT2D eigenvalue weighted by Crippen LogP contribution is -2.30. The summed E-state index contributed by atoms with van der Waals surface area (Å²) in [5.41, 5.74) is 5.05. The number of aryl methyl sites for hydroxylation is 1. The number of rotatable bonds is 6. The van der Waals surface area contributed by atoms with Gasteiger partial charge >= 0.3 is 0 Å². The van der Waals surface area contributed by atoms with Crippen molar-refractivity contribution in [3.05, 3.63) is 105 Å². The highest BCUT2D eigenvalue weighted by Gasteiger charge is 2.23. The number of anilines is 2. The molecule has 5 rings (SSSR count). The lowest BCUT2D eigenvalue weighted by molar-refractivity contribution is 0.0982. The summed E-state index contributed by atoms with van der Waals surface area (Å²) in [6.45, 7) is 5.12. The van der Waals surface area contributed by atoms with Gasteiger partial charge in [-0.25, -0.2) is 13.1 Å². The second-order valence-corrected chi connectivity index (χ2v) is 11.2. The largest absolute Gasteiger partial charge is 0.440 e. The van der Waals surface area contributed by atoms with Crippen molar-refractivity contribution in [3.63, 3.8) is 0 Å². The summed E-state index contributed by atoms with van der Waals surface area (Å²) in [5.74, 6) is -0.228. The van der Waals surface area contributed by atoms with Gasteiger partial charge in [-0.15, -0.1) is 0 Å². The molecule has 1 aliphatic heterocycles. The van der Waals surface area contributed by atoms with Crippen LogP contribution in [0.25, 0.3) is 11.0 Å². The zero-order valence-corrected chi connectivity index (χ0v) is 21.6. The molecule has 9 heteroatoms. The molecule has 2 N–H and O–H groups in total. The van der Waals surface area contributed by atoms with Gasteiger partial charge in [0, 0.05) is 30.4 Å². The first kappa shape index (κ1) is 24.6.